The van der Waals surface area contributed by atoms with Crippen molar-refractivity contribution in [3.05, 3.63) is 62.5 Å². The maximum absolute atomic E-state index is 13.7. The number of amides is 1. The predicted octanol–water partition coefficient (Wildman–Crippen LogP) is 5.66. The van der Waals surface area contributed by atoms with Gasteiger partial charge < -0.3 is 9.73 Å². The van der Waals surface area contributed by atoms with E-state index in [0.717, 1.165) is 8.95 Å². The van der Waals surface area contributed by atoms with Gasteiger partial charge in [0.05, 0.1) is 5.69 Å². The molecule has 0 aliphatic carbocycles. The minimum atomic E-state index is -0.483. The lowest BCUT2D eigenvalue weighted by atomic mass is 10.1. The van der Waals surface area contributed by atoms with Crippen LogP contribution in [0.3, 0.4) is 0 Å². The summed E-state index contributed by atoms with van der Waals surface area (Å²) in [4.78, 5) is 12.4. The van der Waals surface area contributed by atoms with Crippen molar-refractivity contribution in [2.45, 2.75) is 6.92 Å². The Kier molecular flexibility index (Phi) is 4.06. The molecule has 0 saturated heterocycles. The van der Waals surface area contributed by atoms with Gasteiger partial charge in [0, 0.05) is 19.9 Å². The van der Waals surface area contributed by atoms with E-state index in [1.807, 2.05) is 12.1 Å². The highest BCUT2D eigenvalue weighted by molar-refractivity contribution is 9.11. The van der Waals surface area contributed by atoms with Crippen molar-refractivity contribution in [3.8, 4) is 0 Å². The zero-order chi connectivity index (χ0) is 15.9. The fraction of sp³-hybridized carbons (Fsp3) is 0.0625. The number of hydrogen-bond donors (Lipinski definition) is 1. The van der Waals surface area contributed by atoms with Gasteiger partial charge in [-0.05, 0) is 47.1 Å². The molecule has 3 nitrogen and oxygen atoms in total. The molecular formula is C16H10Br2FNO2. The van der Waals surface area contributed by atoms with Crippen LogP contribution < -0.4 is 5.32 Å². The Morgan fingerprint density at radius 1 is 1.23 bits per heavy atom. The first-order valence-electron chi connectivity index (χ1n) is 6.41. The first-order valence-corrected chi connectivity index (χ1v) is 8.00. The summed E-state index contributed by atoms with van der Waals surface area (Å²) in [5.74, 6) is -0.804. The van der Waals surface area contributed by atoms with Crippen molar-refractivity contribution in [1.29, 1.82) is 0 Å². The standard InChI is InChI=1S/C16H10Br2FNO2/c1-8-10-3-2-4-12(19)15(10)22-14(8)16(21)20-13-7-9(17)5-6-11(13)18/h2-7H,1H3,(H,20,21). The Labute approximate surface area is 142 Å². The zero-order valence-electron chi connectivity index (χ0n) is 11.4. The second-order valence-electron chi connectivity index (χ2n) is 4.75. The highest BCUT2D eigenvalue weighted by Crippen LogP contribution is 2.30. The van der Waals surface area contributed by atoms with Crippen molar-refractivity contribution in [1.82, 2.24) is 0 Å². The summed E-state index contributed by atoms with van der Waals surface area (Å²) < 4.78 is 20.7. The van der Waals surface area contributed by atoms with Crippen LogP contribution in [0.4, 0.5) is 10.1 Å². The van der Waals surface area contributed by atoms with Gasteiger partial charge in [-0.15, -0.1) is 0 Å². The van der Waals surface area contributed by atoms with E-state index in [4.69, 9.17) is 4.42 Å². The van der Waals surface area contributed by atoms with Crippen LogP contribution in [0.5, 0.6) is 0 Å². The number of aryl methyl sites for hydroxylation is 1. The van der Waals surface area contributed by atoms with Crippen LogP contribution >= 0.6 is 31.9 Å². The quantitative estimate of drug-likeness (QED) is 0.574. The summed E-state index contributed by atoms with van der Waals surface area (Å²) in [6, 6.07) is 10.0. The van der Waals surface area contributed by atoms with E-state index in [1.54, 1.807) is 25.1 Å². The van der Waals surface area contributed by atoms with Crippen LogP contribution in [-0.2, 0) is 0 Å². The van der Waals surface area contributed by atoms with Crippen LogP contribution in [-0.4, -0.2) is 5.91 Å². The lowest BCUT2D eigenvalue weighted by Gasteiger charge is -2.06. The number of nitrogens with one attached hydrogen (secondary N) is 1. The van der Waals surface area contributed by atoms with E-state index in [-0.39, 0.29) is 11.3 Å². The first kappa shape index (κ1) is 15.2. The molecule has 0 spiro atoms. The van der Waals surface area contributed by atoms with Crippen LogP contribution in [0.1, 0.15) is 16.1 Å². The number of anilines is 1. The monoisotopic (exact) mass is 425 g/mol. The maximum atomic E-state index is 13.7. The molecule has 1 heterocycles. The molecule has 3 rings (SSSR count). The molecule has 0 atom stereocenters. The molecule has 1 amide bonds. The Morgan fingerprint density at radius 2 is 2.00 bits per heavy atom. The molecule has 1 N–H and O–H groups in total. The molecule has 3 aromatic rings. The lowest BCUT2D eigenvalue weighted by molar-refractivity contribution is 0.0997. The van der Waals surface area contributed by atoms with Gasteiger partial charge in [0.25, 0.3) is 5.91 Å². The minimum absolute atomic E-state index is 0.0958. The second-order valence-corrected chi connectivity index (χ2v) is 6.52. The molecule has 0 bridgehead atoms. The van der Waals surface area contributed by atoms with Gasteiger partial charge in [0.1, 0.15) is 0 Å². The topological polar surface area (TPSA) is 42.2 Å². The molecule has 6 heteroatoms. The predicted molar refractivity (Wildman–Crippen MR) is 90.7 cm³/mol. The number of halogens is 3. The Hall–Kier alpha value is -1.66. The average Bonchev–Trinajstić information content (AvgIpc) is 2.82. The van der Waals surface area contributed by atoms with E-state index in [9.17, 15) is 9.18 Å². The van der Waals surface area contributed by atoms with Gasteiger partial charge in [-0.25, -0.2) is 4.39 Å². The van der Waals surface area contributed by atoms with Gasteiger partial charge in [0.15, 0.2) is 17.2 Å². The smallest absolute Gasteiger partial charge is 0.291 e. The van der Waals surface area contributed by atoms with Crippen molar-refractivity contribution < 1.29 is 13.6 Å². The molecule has 0 unspecified atom stereocenters. The van der Waals surface area contributed by atoms with Crippen molar-refractivity contribution in [2.75, 3.05) is 5.32 Å². The number of furan rings is 1. The highest BCUT2D eigenvalue weighted by atomic mass is 79.9. The molecule has 0 saturated carbocycles. The number of carbonyl (C=O) groups excluding carboxylic acids is 1. The number of hydrogen-bond acceptors (Lipinski definition) is 2. The third-order valence-corrected chi connectivity index (χ3v) is 4.48. The zero-order valence-corrected chi connectivity index (χ0v) is 14.6. The third kappa shape index (κ3) is 2.68. The van der Waals surface area contributed by atoms with Gasteiger partial charge in [-0.1, -0.05) is 28.1 Å². The van der Waals surface area contributed by atoms with Crippen molar-refractivity contribution in [3.63, 3.8) is 0 Å². The average molecular weight is 427 g/mol. The van der Waals surface area contributed by atoms with E-state index >= 15 is 0 Å². The molecule has 22 heavy (non-hydrogen) atoms. The molecule has 0 radical (unpaired) electrons. The summed E-state index contributed by atoms with van der Waals surface area (Å²) >= 11 is 6.72. The molecule has 2 aromatic carbocycles. The van der Waals surface area contributed by atoms with E-state index in [2.05, 4.69) is 37.2 Å². The Morgan fingerprint density at radius 3 is 2.73 bits per heavy atom. The fourth-order valence-corrected chi connectivity index (χ4v) is 2.90. The Bertz CT molecular complexity index is 889. The normalized spacial score (nSPS) is 10.9. The van der Waals surface area contributed by atoms with Crippen molar-refractivity contribution in [2.24, 2.45) is 0 Å². The van der Waals surface area contributed by atoms with Crippen molar-refractivity contribution >= 4 is 54.4 Å². The summed E-state index contributed by atoms with van der Waals surface area (Å²) in [6.45, 7) is 1.73. The molecular weight excluding hydrogens is 417 g/mol. The second kappa shape index (κ2) is 5.85. The summed E-state index contributed by atoms with van der Waals surface area (Å²) in [5, 5.41) is 3.35. The largest absolute Gasteiger partial charge is 0.448 e. The SMILES string of the molecule is Cc1c(C(=O)Nc2cc(Br)ccc2Br)oc2c(F)cccc12. The van der Waals surface area contributed by atoms with E-state index in [0.29, 0.717) is 16.6 Å². The van der Waals surface area contributed by atoms with Gasteiger partial charge in [-0.2, -0.15) is 0 Å². The van der Waals surface area contributed by atoms with Gasteiger partial charge in [-0.3, -0.25) is 4.79 Å². The minimum Gasteiger partial charge on any atom is -0.448 e. The molecule has 0 aliphatic rings. The summed E-state index contributed by atoms with van der Waals surface area (Å²) in [6.07, 6.45) is 0. The van der Waals surface area contributed by atoms with E-state index in [1.165, 1.54) is 6.07 Å². The van der Waals surface area contributed by atoms with E-state index < -0.39 is 11.7 Å². The number of carbonyl (C=O) groups is 1. The fourth-order valence-electron chi connectivity index (χ4n) is 2.20. The summed E-state index contributed by atoms with van der Waals surface area (Å²) in [5.41, 5.74) is 1.30. The highest BCUT2D eigenvalue weighted by Gasteiger charge is 2.20. The number of fused-ring (bicyclic) bond motifs is 1. The van der Waals surface area contributed by atoms with Crippen LogP contribution in [0, 0.1) is 12.7 Å². The summed E-state index contributed by atoms with van der Waals surface area (Å²) in [7, 11) is 0. The van der Waals surface area contributed by atoms with Crippen LogP contribution in [0.15, 0.2) is 49.8 Å². The van der Waals surface area contributed by atoms with Crippen LogP contribution in [0.25, 0.3) is 11.0 Å². The molecule has 0 aliphatic heterocycles. The van der Waals surface area contributed by atoms with Gasteiger partial charge in [0.2, 0.25) is 0 Å². The maximum Gasteiger partial charge on any atom is 0.291 e. The number of rotatable bonds is 2. The van der Waals surface area contributed by atoms with Gasteiger partial charge >= 0.3 is 0 Å². The Balaban J connectivity index is 2.01. The number of para-hydroxylation sites is 1. The lowest BCUT2D eigenvalue weighted by Crippen LogP contribution is -2.12. The first-order chi connectivity index (χ1) is 10.5. The molecule has 0 fully saturated rings. The number of benzene rings is 2. The molecule has 1 aromatic heterocycles. The molecule has 112 valence electrons. The third-order valence-electron chi connectivity index (χ3n) is 3.30. The van der Waals surface area contributed by atoms with Crippen LogP contribution in [0.2, 0.25) is 0 Å².